The zero-order chi connectivity index (χ0) is 23.3. The molecule has 31 heavy (non-hydrogen) atoms. The van der Waals surface area contributed by atoms with E-state index in [1.807, 2.05) is 19.9 Å². The second-order valence-electron chi connectivity index (χ2n) is 7.44. The molecule has 0 radical (unpaired) electrons. The number of aliphatic hydroxyl groups is 1. The minimum absolute atomic E-state index is 0.0837. The van der Waals surface area contributed by atoms with Crippen LogP contribution in [0.5, 0.6) is 11.8 Å². The highest BCUT2D eigenvalue weighted by Crippen LogP contribution is 2.18. The molecule has 0 fully saturated rings. The first-order valence-corrected chi connectivity index (χ1v) is 10.9. The fourth-order valence-corrected chi connectivity index (χ4v) is 2.55. The van der Waals surface area contributed by atoms with Crippen LogP contribution in [0.2, 0.25) is 0 Å². The molecular formula is C23H37N5O3. The Kier molecular flexibility index (Phi) is 11.3. The van der Waals surface area contributed by atoms with Gasteiger partial charge >= 0.3 is 6.01 Å². The molecular weight excluding hydrogens is 394 g/mol. The molecule has 0 saturated heterocycles. The van der Waals surface area contributed by atoms with Crippen LogP contribution in [0.25, 0.3) is 0 Å². The lowest BCUT2D eigenvalue weighted by Gasteiger charge is -2.23. The molecule has 2 aromatic rings. The molecule has 0 aliphatic heterocycles. The van der Waals surface area contributed by atoms with Crippen LogP contribution >= 0.6 is 0 Å². The van der Waals surface area contributed by atoms with Crippen molar-refractivity contribution in [3.63, 3.8) is 0 Å². The lowest BCUT2D eigenvalue weighted by molar-refractivity contribution is 0.0250. The first-order valence-electron chi connectivity index (χ1n) is 10.9. The van der Waals surface area contributed by atoms with Crippen LogP contribution < -0.4 is 15.1 Å². The van der Waals surface area contributed by atoms with Gasteiger partial charge in [0.1, 0.15) is 18.2 Å². The minimum atomic E-state index is -0.986. The van der Waals surface area contributed by atoms with E-state index in [1.54, 1.807) is 44.3 Å². The van der Waals surface area contributed by atoms with Crippen LogP contribution in [-0.2, 0) is 0 Å². The van der Waals surface area contributed by atoms with Gasteiger partial charge in [-0.1, -0.05) is 27.7 Å². The molecule has 0 bridgehead atoms. The lowest BCUT2D eigenvalue weighted by Crippen LogP contribution is -2.29. The van der Waals surface area contributed by atoms with E-state index in [1.165, 1.54) is 0 Å². The van der Waals surface area contributed by atoms with Gasteiger partial charge in [-0.3, -0.25) is 5.43 Å². The van der Waals surface area contributed by atoms with Gasteiger partial charge in [0.15, 0.2) is 0 Å². The van der Waals surface area contributed by atoms with Gasteiger partial charge in [0.05, 0.1) is 23.2 Å². The number of phenols is 1. The molecule has 0 atom stereocenters. The summed E-state index contributed by atoms with van der Waals surface area (Å²) in [5.41, 5.74) is 3.24. The maximum atomic E-state index is 9.94. The molecule has 172 valence electrons. The number of phenolic OH excluding ortho intramolecular Hbond substituents is 1. The molecule has 0 aliphatic carbocycles. The van der Waals surface area contributed by atoms with Gasteiger partial charge in [0.2, 0.25) is 0 Å². The van der Waals surface area contributed by atoms with E-state index in [2.05, 4.69) is 39.2 Å². The highest BCUT2D eigenvalue weighted by Gasteiger charge is 2.16. The number of hydrazone groups is 1. The van der Waals surface area contributed by atoms with E-state index in [0.717, 1.165) is 37.4 Å². The second-order valence-corrected chi connectivity index (χ2v) is 7.44. The number of aromatic hydroxyl groups is 1. The number of nitrogens with one attached hydrogen (secondary N) is 1. The summed E-state index contributed by atoms with van der Waals surface area (Å²) >= 11 is 0. The molecule has 0 amide bonds. The van der Waals surface area contributed by atoms with Crippen molar-refractivity contribution in [1.82, 2.24) is 9.97 Å². The molecule has 0 aliphatic rings. The molecule has 2 rings (SSSR count). The summed E-state index contributed by atoms with van der Waals surface area (Å²) in [7, 11) is 0. The van der Waals surface area contributed by atoms with E-state index < -0.39 is 5.60 Å². The second kappa shape index (κ2) is 13.4. The quantitative estimate of drug-likeness (QED) is 0.275. The predicted octanol–water partition coefficient (Wildman–Crippen LogP) is 4.43. The average molecular weight is 432 g/mol. The van der Waals surface area contributed by atoms with E-state index in [4.69, 9.17) is 4.74 Å². The van der Waals surface area contributed by atoms with Gasteiger partial charge in [0.25, 0.3) is 0 Å². The number of anilines is 2. The lowest BCUT2D eigenvalue weighted by atomic mass is 10.2. The van der Waals surface area contributed by atoms with Crippen molar-refractivity contribution in [2.24, 2.45) is 5.10 Å². The summed E-state index contributed by atoms with van der Waals surface area (Å²) in [6.45, 7) is 13.4. The van der Waals surface area contributed by atoms with E-state index in [0.29, 0.717) is 5.69 Å². The van der Waals surface area contributed by atoms with Crippen molar-refractivity contribution in [2.75, 3.05) is 30.0 Å². The topological polar surface area (TPSA) is 103 Å². The zero-order valence-electron chi connectivity index (χ0n) is 19.6. The fraction of sp³-hybridized carbons (Fsp3) is 0.522. The third-order valence-corrected chi connectivity index (χ3v) is 3.84. The van der Waals surface area contributed by atoms with E-state index in [9.17, 15) is 10.2 Å². The van der Waals surface area contributed by atoms with Crippen LogP contribution in [0.1, 0.15) is 60.1 Å². The number of nitrogens with zero attached hydrogens (tertiary/aromatic N) is 4. The van der Waals surface area contributed by atoms with Gasteiger partial charge in [-0.2, -0.15) is 15.1 Å². The zero-order valence-corrected chi connectivity index (χ0v) is 19.6. The molecule has 1 aromatic heterocycles. The largest absolute Gasteiger partial charge is 0.508 e. The monoisotopic (exact) mass is 431 g/mol. The van der Waals surface area contributed by atoms with Crippen LogP contribution in [0.15, 0.2) is 35.4 Å². The van der Waals surface area contributed by atoms with Gasteiger partial charge in [-0.05, 0) is 51.0 Å². The van der Waals surface area contributed by atoms with Gasteiger partial charge in [0, 0.05) is 19.2 Å². The highest BCUT2D eigenvalue weighted by molar-refractivity contribution is 5.79. The van der Waals surface area contributed by atoms with Crippen LogP contribution in [0.3, 0.4) is 0 Å². The maximum Gasteiger partial charge on any atom is 0.319 e. The van der Waals surface area contributed by atoms with Crippen LogP contribution in [-0.4, -0.2) is 51.7 Å². The first kappa shape index (κ1) is 26.2. The Bertz CT molecular complexity index is 783. The van der Waals surface area contributed by atoms with Crippen molar-refractivity contribution in [3.05, 3.63) is 36.0 Å². The van der Waals surface area contributed by atoms with Crippen molar-refractivity contribution in [3.8, 4) is 11.8 Å². The molecule has 8 nitrogen and oxygen atoms in total. The molecule has 1 aromatic carbocycles. The summed E-state index contributed by atoms with van der Waals surface area (Å²) in [4.78, 5) is 11.1. The summed E-state index contributed by atoms with van der Waals surface area (Å²) in [6.07, 6.45) is 3.58. The summed E-state index contributed by atoms with van der Waals surface area (Å²) < 4.78 is 5.63. The number of benzene rings is 1. The molecule has 1 heterocycles. The molecule has 0 saturated carbocycles. The number of hydrogen-bond acceptors (Lipinski definition) is 8. The molecule has 3 N–H and O–H groups in total. The summed E-state index contributed by atoms with van der Waals surface area (Å²) in [5.74, 6) is 0.959. The first-order chi connectivity index (χ1) is 14.8. The van der Waals surface area contributed by atoms with E-state index in [-0.39, 0.29) is 18.4 Å². The van der Waals surface area contributed by atoms with Gasteiger partial charge in [-0.15, -0.1) is 0 Å². The average Bonchev–Trinajstić information content (AvgIpc) is 2.74. The normalized spacial score (nSPS) is 11.1. The Morgan fingerprint density at radius 3 is 2.26 bits per heavy atom. The highest BCUT2D eigenvalue weighted by atomic mass is 16.5. The van der Waals surface area contributed by atoms with Crippen LogP contribution in [0, 0.1) is 0 Å². The van der Waals surface area contributed by atoms with Crippen molar-refractivity contribution in [2.45, 2.75) is 60.0 Å². The maximum absolute atomic E-state index is 9.94. The van der Waals surface area contributed by atoms with Crippen molar-refractivity contribution < 1.29 is 14.9 Å². The Labute approximate surface area is 186 Å². The molecule has 0 unspecified atom stereocenters. The third kappa shape index (κ3) is 10.1. The smallest absolute Gasteiger partial charge is 0.319 e. The standard InChI is InChI=1S/C21H31N5O3.C2H6/c1-5-11-26(12-6-2)19-13-17(23-20(24-19)29-15-21(3,4)28)14-22-25-16-7-9-18(27)10-8-16;1-2/h7-10,13-14,25,27-28H,5-6,11-12,15H2,1-4H3;1-2H3/b22-14+;. The summed E-state index contributed by atoms with van der Waals surface area (Å²) in [6, 6.07) is 8.67. The fourth-order valence-electron chi connectivity index (χ4n) is 2.55. The summed E-state index contributed by atoms with van der Waals surface area (Å²) in [5, 5.41) is 23.5. The van der Waals surface area contributed by atoms with E-state index >= 15 is 0 Å². The Morgan fingerprint density at radius 1 is 1.10 bits per heavy atom. The third-order valence-electron chi connectivity index (χ3n) is 3.84. The van der Waals surface area contributed by atoms with Crippen LogP contribution in [0.4, 0.5) is 11.5 Å². The number of aromatic nitrogens is 2. The van der Waals surface area contributed by atoms with Gasteiger partial charge < -0.3 is 19.8 Å². The number of ether oxygens (including phenoxy) is 1. The van der Waals surface area contributed by atoms with Gasteiger partial charge in [-0.25, -0.2) is 0 Å². The minimum Gasteiger partial charge on any atom is -0.508 e. The Hall–Kier alpha value is -2.87. The molecule has 0 spiro atoms. The SMILES string of the molecule is CC.CCCN(CCC)c1cc(/C=N/Nc2ccc(O)cc2)nc(OCC(C)(C)O)n1. The Morgan fingerprint density at radius 2 is 1.71 bits per heavy atom. The predicted molar refractivity (Wildman–Crippen MR) is 127 cm³/mol. The van der Waals surface area contributed by atoms with Crippen molar-refractivity contribution in [1.29, 1.82) is 0 Å². The Balaban J connectivity index is 0.00000233. The molecule has 8 heteroatoms. The van der Waals surface area contributed by atoms with Crippen molar-refractivity contribution >= 4 is 17.7 Å². The number of rotatable bonds is 11. The number of hydrogen-bond donors (Lipinski definition) is 3.